The Morgan fingerprint density at radius 1 is 1.29 bits per heavy atom. The average Bonchev–Trinajstić information content (AvgIpc) is 2.88. The van der Waals surface area contributed by atoms with Gasteiger partial charge in [-0.25, -0.2) is 4.98 Å². The number of thiol groups is 1. The Morgan fingerprint density at radius 2 is 2.00 bits per heavy atom. The highest BCUT2D eigenvalue weighted by molar-refractivity contribution is 7.80. The van der Waals surface area contributed by atoms with E-state index in [4.69, 9.17) is 4.74 Å². The Bertz CT molecular complexity index is 666. The van der Waals surface area contributed by atoms with Gasteiger partial charge < -0.3 is 9.64 Å². The number of rotatable bonds is 3. The number of alkyl halides is 1. The molecule has 0 radical (unpaired) electrons. The van der Waals surface area contributed by atoms with Crippen LogP contribution in [0.4, 0.5) is 4.39 Å². The summed E-state index contributed by atoms with van der Waals surface area (Å²) in [6, 6.07) is 7.43. The number of ether oxygens (including phenoxy) is 1. The van der Waals surface area contributed by atoms with Gasteiger partial charge in [0.1, 0.15) is 11.6 Å². The first kappa shape index (κ1) is 14.0. The molecule has 2 atom stereocenters. The second-order valence-corrected chi connectivity index (χ2v) is 5.35. The van der Waals surface area contributed by atoms with Crippen molar-refractivity contribution in [2.45, 2.75) is 18.7 Å². The van der Waals surface area contributed by atoms with E-state index < -0.39 is 5.69 Å². The van der Waals surface area contributed by atoms with Crippen LogP contribution in [0, 0.1) is 0 Å². The number of hydrogen-bond donors (Lipinski definition) is 1. The van der Waals surface area contributed by atoms with Crippen molar-refractivity contribution in [3.63, 3.8) is 0 Å². The molecule has 0 aliphatic carbocycles. The molecule has 2 aromatic rings. The molecular formula is C15H16FN3OS. The molecule has 110 valence electrons. The number of nitrogens with zero attached hydrogens (tertiary/aromatic N) is 3. The van der Waals surface area contributed by atoms with E-state index in [-0.39, 0.29) is 6.04 Å². The first-order valence-electron chi connectivity index (χ1n) is 6.63. The summed E-state index contributed by atoms with van der Waals surface area (Å²) in [4.78, 5) is 6.61. The third-order valence-corrected chi connectivity index (χ3v) is 3.75. The van der Waals surface area contributed by atoms with Gasteiger partial charge in [-0.1, -0.05) is 0 Å². The summed E-state index contributed by atoms with van der Waals surface area (Å²) >= 11 is 3.56. The van der Waals surface area contributed by atoms with Crippen LogP contribution in [0.15, 0.2) is 36.7 Å². The summed E-state index contributed by atoms with van der Waals surface area (Å²) in [5.41, 5.74) is 0.380. The van der Waals surface area contributed by atoms with E-state index in [1.54, 1.807) is 12.1 Å². The molecule has 2 unspecified atom stereocenters. The molecule has 0 N–H and O–H groups in total. The van der Waals surface area contributed by atoms with Crippen LogP contribution in [0.3, 0.4) is 0 Å². The van der Waals surface area contributed by atoms with E-state index in [9.17, 15) is 4.39 Å². The summed E-state index contributed by atoms with van der Waals surface area (Å²) < 4.78 is 19.6. The van der Waals surface area contributed by atoms with Gasteiger partial charge in [0.2, 0.25) is 0 Å². The second kappa shape index (κ2) is 5.44. The molecule has 1 aliphatic rings. The highest BCUT2D eigenvalue weighted by atomic mass is 32.1. The summed E-state index contributed by atoms with van der Waals surface area (Å²) in [5.74, 6) is 1.44. The third-order valence-electron chi connectivity index (χ3n) is 3.64. The van der Waals surface area contributed by atoms with Crippen molar-refractivity contribution in [3.8, 4) is 17.0 Å². The summed E-state index contributed by atoms with van der Waals surface area (Å²) in [6.07, 6.45) is 5.87. The Kier molecular flexibility index (Phi) is 3.63. The van der Waals surface area contributed by atoms with E-state index in [1.807, 2.05) is 37.8 Å². The lowest BCUT2D eigenvalue weighted by Crippen LogP contribution is -2.23. The molecule has 1 aromatic carbocycles. The Balaban J connectivity index is 1.93. The summed E-state index contributed by atoms with van der Waals surface area (Å²) in [7, 11) is 2.02. The normalized spacial score (nSPS) is 18.5. The van der Waals surface area contributed by atoms with Crippen LogP contribution in [-0.4, -0.2) is 27.2 Å². The standard InChI is InChI=1S/C15H16FN3OS/c1-10-14-17-9-13(19(14)8-7-18(10)2)11-3-5-12(6-4-11)20-15(16)21/h3-10,15,21H,1-2H3. The summed E-state index contributed by atoms with van der Waals surface area (Å²) in [5, 5.41) is 0. The lowest BCUT2D eigenvalue weighted by Gasteiger charge is -2.27. The van der Waals surface area contributed by atoms with Crippen LogP contribution in [0.25, 0.3) is 17.5 Å². The maximum absolute atomic E-state index is 12.7. The van der Waals surface area contributed by atoms with Crippen LogP contribution in [0.5, 0.6) is 5.75 Å². The molecular weight excluding hydrogens is 289 g/mol. The van der Waals surface area contributed by atoms with Gasteiger partial charge in [-0.15, -0.1) is 12.6 Å². The molecule has 0 saturated heterocycles. The molecule has 0 spiro atoms. The van der Waals surface area contributed by atoms with Crippen LogP contribution >= 0.6 is 12.6 Å². The fourth-order valence-corrected chi connectivity index (χ4v) is 2.48. The van der Waals surface area contributed by atoms with Crippen LogP contribution in [-0.2, 0) is 0 Å². The number of benzene rings is 1. The van der Waals surface area contributed by atoms with Gasteiger partial charge >= 0.3 is 0 Å². The van der Waals surface area contributed by atoms with Gasteiger partial charge in [-0.2, -0.15) is 4.39 Å². The first-order chi connectivity index (χ1) is 10.1. The molecule has 0 bridgehead atoms. The predicted octanol–water partition coefficient (Wildman–Crippen LogP) is 3.55. The van der Waals surface area contributed by atoms with Crippen molar-refractivity contribution in [2.75, 3.05) is 7.05 Å². The minimum absolute atomic E-state index is 0.225. The van der Waals surface area contributed by atoms with Crippen molar-refractivity contribution < 1.29 is 9.13 Å². The number of hydrogen-bond acceptors (Lipinski definition) is 4. The van der Waals surface area contributed by atoms with Crippen LogP contribution < -0.4 is 4.74 Å². The van der Waals surface area contributed by atoms with Crippen molar-refractivity contribution in [3.05, 3.63) is 42.5 Å². The molecule has 4 nitrogen and oxygen atoms in total. The van der Waals surface area contributed by atoms with Crippen LogP contribution in [0.2, 0.25) is 0 Å². The zero-order valence-electron chi connectivity index (χ0n) is 11.8. The molecule has 3 rings (SSSR count). The maximum atomic E-state index is 12.7. The lowest BCUT2D eigenvalue weighted by atomic mass is 10.1. The SMILES string of the molecule is CC1c2ncc(-c3ccc(OC(F)S)cc3)n2C=CN1C. The van der Waals surface area contributed by atoms with Crippen molar-refractivity contribution in [1.82, 2.24) is 14.5 Å². The number of fused-ring (bicyclic) bond motifs is 1. The largest absolute Gasteiger partial charge is 0.451 e. The number of aromatic nitrogens is 2. The van der Waals surface area contributed by atoms with Gasteiger partial charge in [0.15, 0.2) is 0 Å². The first-order valence-corrected chi connectivity index (χ1v) is 7.14. The highest BCUT2D eigenvalue weighted by Gasteiger charge is 2.21. The van der Waals surface area contributed by atoms with Gasteiger partial charge in [-0.05, 0) is 31.2 Å². The topological polar surface area (TPSA) is 30.3 Å². The maximum Gasteiger partial charge on any atom is 0.283 e. The van der Waals surface area contributed by atoms with E-state index in [0.717, 1.165) is 17.1 Å². The molecule has 21 heavy (non-hydrogen) atoms. The highest BCUT2D eigenvalue weighted by Crippen LogP contribution is 2.30. The molecule has 6 heteroatoms. The molecule has 1 aliphatic heterocycles. The minimum Gasteiger partial charge on any atom is -0.451 e. The average molecular weight is 305 g/mol. The fraction of sp³-hybridized carbons (Fsp3) is 0.267. The lowest BCUT2D eigenvalue weighted by molar-refractivity contribution is 0.156. The van der Waals surface area contributed by atoms with Gasteiger partial charge in [0, 0.05) is 25.0 Å². The van der Waals surface area contributed by atoms with E-state index in [1.165, 1.54) is 0 Å². The summed E-state index contributed by atoms with van der Waals surface area (Å²) in [6.45, 7) is 2.11. The second-order valence-electron chi connectivity index (χ2n) is 4.95. The smallest absolute Gasteiger partial charge is 0.283 e. The zero-order chi connectivity index (χ0) is 15.0. The number of imidazole rings is 1. The fourth-order valence-electron chi connectivity index (χ4n) is 2.35. The van der Waals surface area contributed by atoms with Gasteiger partial charge in [0.05, 0.1) is 17.9 Å². The quantitative estimate of drug-likeness (QED) is 0.695. The Labute approximate surface area is 128 Å². The Hall–Kier alpha value is -1.95. The van der Waals surface area contributed by atoms with E-state index in [0.29, 0.717) is 5.75 Å². The zero-order valence-corrected chi connectivity index (χ0v) is 12.7. The van der Waals surface area contributed by atoms with Crippen molar-refractivity contribution in [2.24, 2.45) is 0 Å². The van der Waals surface area contributed by atoms with Crippen molar-refractivity contribution >= 4 is 18.8 Å². The van der Waals surface area contributed by atoms with Crippen molar-refractivity contribution in [1.29, 1.82) is 0 Å². The van der Waals surface area contributed by atoms with E-state index in [2.05, 4.69) is 34.0 Å². The Morgan fingerprint density at radius 3 is 2.67 bits per heavy atom. The molecule has 1 aromatic heterocycles. The molecule has 0 amide bonds. The predicted molar refractivity (Wildman–Crippen MR) is 83.7 cm³/mol. The third kappa shape index (κ3) is 2.63. The van der Waals surface area contributed by atoms with Gasteiger partial charge in [0.25, 0.3) is 5.69 Å². The monoisotopic (exact) mass is 305 g/mol. The minimum atomic E-state index is -1.61. The van der Waals surface area contributed by atoms with Gasteiger partial charge in [-0.3, -0.25) is 4.57 Å². The van der Waals surface area contributed by atoms with E-state index >= 15 is 0 Å². The molecule has 0 saturated carbocycles. The number of halogens is 1. The molecule has 2 heterocycles. The van der Waals surface area contributed by atoms with Crippen LogP contribution in [0.1, 0.15) is 18.8 Å². The molecule has 0 fully saturated rings.